The molecule has 0 saturated carbocycles. The van der Waals surface area contributed by atoms with Crippen LogP contribution in [0, 0.1) is 6.92 Å². The molecular weight excluding hydrogens is 300 g/mol. The summed E-state index contributed by atoms with van der Waals surface area (Å²) in [6.07, 6.45) is 0.228. The van der Waals surface area contributed by atoms with Gasteiger partial charge in [0.15, 0.2) is 6.61 Å². The molecule has 6 heteroatoms. The van der Waals surface area contributed by atoms with Crippen LogP contribution < -0.4 is 0 Å². The zero-order chi connectivity index (χ0) is 15.4. The molecule has 0 atom stereocenters. The molecule has 0 unspecified atom stereocenters. The summed E-state index contributed by atoms with van der Waals surface area (Å²) in [6.45, 7) is 1.99. The first-order chi connectivity index (χ1) is 10.7. The number of aromatic nitrogens is 2. The van der Waals surface area contributed by atoms with Crippen molar-refractivity contribution in [2.45, 2.75) is 20.0 Å². The van der Waals surface area contributed by atoms with Crippen molar-refractivity contribution in [3.63, 3.8) is 0 Å². The Bertz CT molecular complexity index is 748. The standard InChI is InChI=1S/C16H14N2O3S/c1-11-2-4-12(5-3-11)8-15(19)20-9-14-17-16(18-21-14)13-6-7-22-10-13/h2-7,10H,8-9H2,1H3. The van der Waals surface area contributed by atoms with Crippen molar-refractivity contribution in [3.05, 3.63) is 58.1 Å². The molecule has 2 heterocycles. The number of thiophene rings is 1. The topological polar surface area (TPSA) is 65.2 Å². The predicted molar refractivity (Wildman–Crippen MR) is 82.3 cm³/mol. The molecule has 112 valence electrons. The van der Waals surface area contributed by atoms with E-state index >= 15 is 0 Å². The molecule has 1 aromatic carbocycles. The van der Waals surface area contributed by atoms with Crippen molar-refractivity contribution in [2.75, 3.05) is 0 Å². The molecule has 0 radical (unpaired) electrons. The minimum atomic E-state index is -0.320. The largest absolute Gasteiger partial charge is 0.455 e. The van der Waals surface area contributed by atoms with Crippen molar-refractivity contribution < 1.29 is 14.1 Å². The van der Waals surface area contributed by atoms with Crippen molar-refractivity contribution in [1.29, 1.82) is 0 Å². The number of carbonyl (C=O) groups excluding carboxylic acids is 1. The minimum absolute atomic E-state index is 0.0121. The zero-order valence-electron chi connectivity index (χ0n) is 12.0. The summed E-state index contributed by atoms with van der Waals surface area (Å²) < 4.78 is 10.2. The lowest BCUT2D eigenvalue weighted by atomic mass is 10.1. The highest BCUT2D eigenvalue weighted by Gasteiger charge is 2.11. The van der Waals surface area contributed by atoms with Gasteiger partial charge < -0.3 is 9.26 Å². The molecule has 0 N–H and O–H groups in total. The van der Waals surface area contributed by atoms with E-state index in [2.05, 4.69) is 10.1 Å². The van der Waals surface area contributed by atoms with E-state index in [9.17, 15) is 4.79 Å². The van der Waals surface area contributed by atoms with Crippen LogP contribution in [0.4, 0.5) is 0 Å². The molecule has 0 spiro atoms. The molecule has 0 amide bonds. The Labute approximate surface area is 131 Å². The van der Waals surface area contributed by atoms with E-state index in [1.165, 1.54) is 0 Å². The van der Waals surface area contributed by atoms with Gasteiger partial charge in [-0.1, -0.05) is 35.0 Å². The molecule has 0 aliphatic carbocycles. The van der Waals surface area contributed by atoms with E-state index in [4.69, 9.17) is 9.26 Å². The highest BCUT2D eigenvalue weighted by molar-refractivity contribution is 7.08. The van der Waals surface area contributed by atoms with Gasteiger partial charge in [-0.05, 0) is 23.9 Å². The predicted octanol–water partition coefficient (Wildman–Crippen LogP) is 3.39. The van der Waals surface area contributed by atoms with Gasteiger partial charge in [0, 0.05) is 10.9 Å². The van der Waals surface area contributed by atoms with E-state index < -0.39 is 0 Å². The van der Waals surface area contributed by atoms with Gasteiger partial charge in [-0.3, -0.25) is 4.79 Å². The van der Waals surface area contributed by atoms with Crippen molar-refractivity contribution in [3.8, 4) is 11.4 Å². The van der Waals surface area contributed by atoms with E-state index in [0.29, 0.717) is 11.7 Å². The molecular formula is C16H14N2O3S. The van der Waals surface area contributed by atoms with Crippen molar-refractivity contribution >= 4 is 17.3 Å². The Morgan fingerprint density at radius 2 is 2.09 bits per heavy atom. The summed E-state index contributed by atoms with van der Waals surface area (Å²) in [7, 11) is 0. The molecule has 0 bridgehead atoms. The maximum atomic E-state index is 11.8. The Balaban J connectivity index is 1.54. The van der Waals surface area contributed by atoms with Gasteiger partial charge in [-0.2, -0.15) is 16.3 Å². The summed E-state index contributed by atoms with van der Waals surface area (Å²) in [5.74, 6) is 0.475. The summed E-state index contributed by atoms with van der Waals surface area (Å²) in [4.78, 5) is 16.0. The number of nitrogens with zero attached hydrogens (tertiary/aromatic N) is 2. The number of carbonyl (C=O) groups is 1. The first kappa shape index (κ1) is 14.5. The fourth-order valence-electron chi connectivity index (χ4n) is 1.89. The number of aryl methyl sites for hydroxylation is 1. The monoisotopic (exact) mass is 314 g/mol. The average molecular weight is 314 g/mol. The van der Waals surface area contributed by atoms with Crippen LogP contribution in [0.2, 0.25) is 0 Å². The van der Waals surface area contributed by atoms with Crippen LogP contribution in [0.5, 0.6) is 0 Å². The van der Waals surface area contributed by atoms with Gasteiger partial charge in [0.25, 0.3) is 5.89 Å². The number of esters is 1. The maximum Gasteiger partial charge on any atom is 0.310 e. The zero-order valence-corrected chi connectivity index (χ0v) is 12.8. The fraction of sp³-hybridized carbons (Fsp3) is 0.188. The molecule has 0 aliphatic heterocycles. The summed E-state index contributed by atoms with van der Waals surface area (Å²) in [5, 5.41) is 7.73. The molecule has 22 heavy (non-hydrogen) atoms. The van der Waals surface area contributed by atoms with Crippen molar-refractivity contribution in [2.24, 2.45) is 0 Å². The van der Waals surface area contributed by atoms with Crippen LogP contribution in [0.25, 0.3) is 11.4 Å². The van der Waals surface area contributed by atoms with E-state index in [-0.39, 0.29) is 19.0 Å². The van der Waals surface area contributed by atoms with Gasteiger partial charge in [0.05, 0.1) is 6.42 Å². The van der Waals surface area contributed by atoms with E-state index in [1.807, 2.05) is 48.0 Å². The van der Waals surface area contributed by atoms with Gasteiger partial charge in [0.1, 0.15) is 0 Å². The van der Waals surface area contributed by atoms with Crippen LogP contribution >= 0.6 is 11.3 Å². The number of ether oxygens (including phenoxy) is 1. The lowest BCUT2D eigenvalue weighted by Gasteiger charge is -2.02. The molecule has 3 rings (SSSR count). The third kappa shape index (κ3) is 3.59. The number of rotatable bonds is 5. The third-order valence-electron chi connectivity index (χ3n) is 3.07. The third-order valence-corrected chi connectivity index (χ3v) is 3.76. The first-order valence-electron chi connectivity index (χ1n) is 6.77. The quantitative estimate of drug-likeness (QED) is 0.675. The molecule has 0 aliphatic rings. The number of hydrogen-bond acceptors (Lipinski definition) is 6. The van der Waals surface area contributed by atoms with Crippen LogP contribution in [0.15, 0.2) is 45.6 Å². The van der Waals surface area contributed by atoms with Gasteiger partial charge in [-0.15, -0.1) is 0 Å². The lowest BCUT2D eigenvalue weighted by molar-refractivity contribution is -0.144. The Morgan fingerprint density at radius 1 is 1.27 bits per heavy atom. The Morgan fingerprint density at radius 3 is 2.82 bits per heavy atom. The van der Waals surface area contributed by atoms with Gasteiger partial charge >= 0.3 is 5.97 Å². The number of benzene rings is 1. The van der Waals surface area contributed by atoms with Crippen LogP contribution in [0.3, 0.4) is 0 Å². The van der Waals surface area contributed by atoms with Crippen LogP contribution in [-0.2, 0) is 22.6 Å². The summed E-state index contributed by atoms with van der Waals surface area (Å²) in [5.41, 5.74) is 2.97. The minimum Gasteiger partial charge on any atom is -0.455 e. The Kier molecular flexibility index (Phi) is 4.29. The normalized spacial score (nSPS) is 10.6. The fourth-order valence-corrected chi connectivity index (χ4v) is 2.52. The number of hydrogen-bond donors (Lipinski definition) is 0. The lowest BCUT2D eigenvalue weighted by Crippen LogP contribution is -2.08. The molecule has 3 aromatic rings. The first-order valence-corrected chi connectivity index (χ1v) is 7.71. The molecule has 0 saturated heterocycles. The molecule has 2 aromatic heterocycles. The SMILES string of the molecule is Cc1ccc(CC(=O)OCc2nc(-c3ccsc3)no2)cc1. The second-order valence-electron chi connectivity index (χ2n) is 4.85. The van der Waals surface area contributed by atoms with Crippen LogP contribution in [-0.4, -0.2) is 16.1 Å². The average Bonchev–Trinajstić information content (AvgIpc) is 3.18. The maximum absolute atomic E-state index is 11.8. The summed E-state index contributed by atoms with van der Waals surface area (Å²) >= 11 is 1.56. The van der Waals surface area contributed by atoms with E-state index in [0.717, 1.165) is 16.7 Å². The molecule has 5 nitrogen and oxygen atoms in total. The smallest absolute Gasteiger partial charge is 0.310 e. The van der Waals surface area contributed by atoms with E-state index in [1.54, 1.807) is 11.3 Å². The molecule has 0 fully saturated rings. The van der Waals surface area contributed by atoms with Gasteiger partial charge in [-0.25, -0.2) is 0 Å². The highest BCUT2D eigenvalue weighted by Crippen LogP contribution is 2.18. The highest BCUT2D eigenvalue weighted by atomic mass is 32.1. The van der Waals surface area contributed by atoms with Crippen molar-refractivity contribution in [1.82, 2.24) is 10.1 Å². The van der Waals surface area contributed by atoms with Gasteiger partial charge in [0.2, 0.25) is 5.82 Å². The summed E-state index contributed by atoms with van der Waals surface area (Å²) in [6, 6.07) is 9.67. The second kappa shape index (κ2) is 6.53. The van der Waals surface area contributed by atoms with Crippen LogP contribution in [0.1, 0.15) is 17.0 Å². The Hall–Kier alpha value is -2.47. The second-order valence-corrected chi connectivity index (χ2v) is 5.63.